The van der Waals surface area contributed by atoms with E-state index < -0.39 is 66.4 Å². The molecule has 2 fully saturated rings. The summed E-state index contributed by atoms with van der Waals surface area (Å²) in [5, 5.41) is 8.58. The Bertz CT molecular complexity index is 1020. The van der Waals surface area contributed by atoms with Crippen LogP contribution in [-0.4, -0.2) is 55.2 Å². The Kier molecular flexibility index (Phi) is 7.17. The van der Waals surface area contributed by atoms with E-state index in [0.29, 0.717) is 6.42 Å². The summed E-state index contributed by atoms with van der Waals surface area (Å²) in [4.78, 5) is 36.6. The quantitative estimate of drug-likeness (QED) is 0.447. The van der Waals surface area contributed by atoms with Crippen LogP contribution in [0.1, 0.15) is 66.3 Å². The molecule has 2 heterocycles. The zero-order chi connectivity index (χ0) is 24.8. The van der Waals surface area contributed by atoms with Crippen LogP contribution in [0.25, 0.3) is 0 Å². The van der Waals surface area contributed by atoms with Gasteiger partial charge in [0.05, 0.1) is 12.1 Å². The molecule has 1 saturated carbocycles. The largest absolute Gasteiger partial charge is 0.377 e. The highest BCUT2D eigenvalue weighted by Gasteiger charge is 2.57. The van der Waals surface area contributed by atoms with E-state index in [1.54, 1.807) is 27.7 Å². The molecular formula is C21H34FN2O8P. The molecular weight excluding hydrogens is 458 g/mol. The van der Waals surface area contributed by atoms with Crippen LogP contribution >= 0.6 is 7.60 Å². The number of hydrogen-bond donors (Lipinski definition) is 3. The molecule has 1 aliphatic carbocycles. The van der Waals surface area contributed by atoms with Crippen LogP contribution in [0, 0.1) is 5.92 Å². The number of aromatic nitrogens is 2. The highest BCUT2D eigenvalue weighted by Crippen LogP contribution is 2.61. The molecule has 10 nitrogen and oxygen atoms in total. The van der Waals surface area contributed by atoms with Gasteiger partial charge < -0.3 is 19.5 Å². The van der Waals surface area contributed by atoms with Crippen molar-refractivity contribution in [2.45, 2.75) is 95.3 Å². The second-order valence-corrected chi connectivity index (χ2v) is 11.8. The van der Waals surface area contributed by atoms with Crippen molar-refractivity contribution in [3.05, 3.63) is 33.1 Å². The molecule has 1 saturated heterocycles. The Morgan fingerprint density at radius 2 is 1.91 bits per heavy atom. The number of nitrogens with zero attached hydrogens (tertiary/aromatic N) is 1. The topological polar surface area (TPSA) is 140 Å². The maximum Gasteiger partial charge on any atom is 0.359 e. The number of nitrogens with one attached hydrogen (secondary N) is 1. The third-order valence-corrected chi connectivity index (χ3v) is 9.11. The van der Waals surface area contributed by atoms with Crippen molar-refractivity contribution >= 4 is 7.60 Å². The molecule has 3 rings (SSSR count). The summed E-state index contributed by atoms with van der Waals surface area (Å²) in [6.07, 6.45) is 0.556. The average molecular weight is 492 g/mol. The van der Waals surface area contributed by atoms with E-state index in [0.717, 1.165) is 0 Å². The van der Waals surface area contributed by atoms with Crippen LogP contribution in [0.15, 0.2) is 21.9 Å². The minimum atomic E-state index is -4.60. The Morgan fingerprint density at radius 1 is 1.30 bits per heavy atom. The molecule has 1 aromatic heterocycles. The first-order valence-corrected chi connectivity index (χ1v) is 12.8. The number of ether oxygens (including phenoxy) is 2. The Balaban J connectivity index is 1.90. The molecule has 0 spiro atoms. The van der Waals surface area contributed by atoms with Gasteiger partial charge in [0.2, 0.25) is 0 Å². The number of halogens is 1. The normalized spacial score (nSPS) is 30.5. The second kappa shape index (κ2) is 9.02. The van der Waals surface area contributed by atoms with E-state index >= 15 is 0 Å². The fourth-order valence-electron chi connectivity index (χ4n) is 4.92. The second-order valence-electron chi connectivity index (χ2n) is 9.73. The third-order valence-electron chi connectivity index (χ3n) is 6.74. The van der Waals surface area contributed by atoms with Crippen molar-refractivity contribution in [1.82, 2.24) is 9.55 Å². The molecule has 1 aliphatic heterocycles. The van der Waals surface area contributed by atoms with E-state index in [9.17, 15) is 28.5 Å². The molecule has 0 bridgehead atoms. The Labute approximate surface area is 191 Å². The van der Waals surface area contributed by atoms with E-state index in [1.807, 2.05) is 0 Å². The fourth-order valence-corrected chi connectivity index (χ4v) is 6.61. The Hall–Kier alpha value is -1.36. The molecule has 0 aromatic carbocycles. The van der Waals surface area contributed by atoms with E-state index in [1.165, 1.54) is 23.8 Å². The number of H-pyrrole nitrogens is 1. The monoisotopic (exact) mass is 492 g/mol. The molecule has 0 amide bonds. The number of aliphatic hydroxyl groups is 1. The van der Waals surface area contributed by atoms with Gasteiger partial charge in [0.1, 0.15) is 18.4 Å². The van der Waals surface area contributed by atoms with Crippen LogP contribution in [0.3, 0.4) is 0 Å². The summed E-state index contributed by atoms with van der Waals surface area (Å²) >= 11 is 0. The van der Waals surface area contributed by atoms with Gasteiger partial charge in [0.15, 0.2) is 11.1 Å². The predicted molar refractivity (Wildman–Crippen MR) is 118 cm³/mol. The molecule has 6 atom stereocenters. The molecule has 0 radical (unpaired) electrons. The van der Waals surface area contributed by atoms with Crippen LogP contribution in [-0.2, 0) is 18.6 Å². The lowest BCUT2D eigenvalue weighted by atomic mass is 9.90. The highest BCUT2D eigenvalue weighted by atomic mass is 31.2. The van der Waals surface area contributed by atoms with Crippen molar-refractivity contribution in [3.63, 3.8) is 0 Å². The zero-order valence-electron chi connectivity index (χ0n) is 19.6. The van der Waals surface area contributed by atoms with Crippen molar-refractivity contribution < 1.29 is 33.0 Å². The van der Waals surface area contributed by atoms with Gasteiger partial charge in [-0.1, -0.05) is 13.8 Å². The van der Waals surface area contributed by atoms with Crippen molar-refractivity contribution in [3.8, 4) is 0 Å². The minimum absolute atomic E-state index is 0.00717. The lowest BCUT2D eigenvalue weighted by Crippen LogP contribution is -2.40. The van der Waals surface area contributed by atoms with E-state index in [2.05, 4.69) is 4.98 Å². The maximum atomic E-state index is 14.2. The Morgan fingerprint density at radius 3 is 2.45 bits per heavy atom. The average Bonchev–Trinajstić information content (AvgIpc) is 3.20. The van der Waals surface area contributed by atoms with E-state index in [4.69, 9.17) is 14.0 Å². The van der Waals surface area contributed by atoms with Crippen LogP contribution in [0.2, 0.25) is 0 Å². The molecule has 33 heavy (non-hydrogen) atoms. The van der Waals surface area contributed by atoms with Crippen LogP contribution < -0.4 is 11.2 Å². The van der Waals surface area contributed by atoms with Gasteiger partial charge in [0, 0.05) is 12.3 Å². The van der Waals surface area contributed by atoms with Gasteiger partial charge in [-0.2, -0.15) is 0 Å². The van der Waals surface area contributed by atoms with E-state index in [-0.39, 0.29) is 19.3 Å². The van der Waals surface area contributed by atoms with Crippen LogP contribution in [0.4, 0.5) is 4.39 Å². The van der Waals surface area contributed by atoms with Gasteiger partial charge in [-0.15, -0.1) is 0 Å². The lowest BCUT2D eigenvalue weighted by molar-refractivity contribution is -0.162. The van der Waals surface area contributed by atoms with Gasteiger partial charge in [-0.05, 0) is 52.4 Å². The first-order chi connectivity index (χ1) is 15.2. The molecule has 12 heteroatoms. The van der Waals surface area contributed by atoms with Gasteiger partial charge in [-0.25, -0.2) is 9.18 Å². The molecule has 3 N–H and O–H groups in total. The first-order valence-electron chi connectivity index (χ1n) is 11.2. The van der Waals surface area contributed by atoms with Crippen LogP contribution in [0.5, 0.6) is 0 Å². The van der Waals surface area contributed by atoms with Gasteiger partial charge in [0.25, 0.3) is 5.56 Å². The number of fused-ring (bicyclic) bond motifs is 1. The molecule has 188 valence electrons. The SMILES string of the molecule is CCC(O)(CC)P(=O)(O)OC(C)(CF)C[C@H]1C[C@@H](n2ccc(=O)[nH]c2=O)[C@@H]2OC(C)(C)O[C@H]12. The van der Waals surface area contributed by atoms with Gasteiger partial charge >= 0.3 is 13.3 Å². The highest BCUT2D eigenvalue weighted by molar-refractivity contribution is 7.54. The summed E-state index contributed by atoms with van der Waals surface area (Å²) in [6.45, 7) is 6.89. The summed E-state index contributed by atoms with van der Waals surface area (Å²) in [7, 11) is -4.60. The minimum Gasteiger partial charge on any atom is -0.377 e. The predicted octanol–water partition coefficient (Wildman–Crippen LogP) is 2.45. The van der Waals surface area contributed by atoms with Crippen molar-refractivity contribution in [1.29, 1.82) is 0 Å². The molecule has 2 aliphatic rings. The van der Waals surface area contributed by atoms with Gasteiger partial charge in [-0.3, -0.25) is 23.4 Å². The summed E-state index contributed by atoms with van der Waals surface area (Å²) < 4.78 is 46.1. The number of rotatable bonds is 9. The first kappa shape index (κ1) is 26.2. The lowest BCUT2D eigenvalue weighted by Gasteiger charge is -2.38. The smallest absolute Gasteiger partial charge is 0.359 e. The summed E-state index contributed by atoms with van der Waals surface area (Å²) in [5.74, 6) is -1.35. The number of hydrogen-bond acceptors (Lipinski definition) is 7. The summed E-state index contributed by atoms with van der Waals surface area (Å²) in [6, 6.07) is 0.733. The standard InChI is InChI=1S/C21H34FN2O8P/c1-6-21(27,7-2)33(28,29)32-20(5,12-22)11-13-10-14(17-16(13)30-19(3,4)31-17)24-9-8-15(25)23-18(24)26/h8-9,13-14,16-17,27H,6-7,10-12H2,1-5H3,(H,28,29)(H,23,25,26)/t13-,14-,16-,17+,20?/m1/s1. The zero-order valence-corrected chi connectivity index (χ0v) is 20.5. The number of alkyl halides is 1. The van der Waals surface area contributed by atoms with Crippen molar-refractivity contribution in [2.24, 2.45) is 5.92 Å². The summed E-state index contributed by atoms with van der Waals surface area (Å²) in [5.41, 5.74) is -2.80. The maximum absolute atomic E-state index is 14.2. The van der Waals surface area contributed by atoms with Crippen molar-refractivity contribution in [2.75, 3.05) is 6.67 Å². The molecule has 2 unspecified atom stereocenters. The molecule has 1 aromatic rings. The number of aromatic amines is 1. The third kappa shape index (κ3) is 5.04. The fraction of sp³-hybridized carbons (Fsp3) is 0.810.